The average molecular weight is 309 g/mol. The summed E-state index contributed by atoms with van der Waals surface area (Å²) in [5.74, 6) is 1.59. The maximum atomic E-state index is 3.92. The standard InChI is InChI=1S/C18H32N2S/c1-14(2)12-16(20(3)4)13-19-18(15-8-5-6-9-15)17-10-7-11-21-17/h7,10-11,14-16,18-19H,5-6,8-9,12-13H2,1-4H3. The van der Waals surface area contributed by atoms with Crippen LogP contribution in [0.25, 0.3) is 0 Å². The number of rotatable bonds is 8. The quantitative estimate of drug-likeness (QED) is 0.758. The Bertz CT molecular complexity index is 380. The van der Waals surface area contributed by atoms with E-state index in [1.165, 1.54) is 37.0 Å². The lowest BCUT2D eigenvalue weighted by Gasteiger charge is -2.30. The third-order valence-corrected chi connectivity index (χ3v) is 5.72. The van der Waals surface area contributed by atoms with Gasteiger partial charge in [0, 0.05) is 23.5 Å². The average Bonchev–Trinajstić information content (AvgIpc) is 3.10. The van der Waals surface area contributed by atoms with Crippen LogP contribution in [0.1, 0.15) is 56.9 Å². The van der Waals surface area contributed by atoms with Crippen molar-refractivity contribution in [3.63, 3.8) is 0 Å². The molecular weight excluding hydrogens is 276 g/mol. The molecule has 1 aromatic heterocycles. The first-order chi connectivity index (χ1) is 10.1. The number of likely N-dealkylation sites (N-methyl/N-ethyl adjacent to an activating group) is 1. The second kappa shape index (κ2) is 8.30. The molecule has 0 spiro atoms. The van der Waals surface area contributed by atoms with Crippen LogP contribution in [0.15, 0.2) is 17.5 Å². The number of hydrogen-bond acceptors (Lipinski definition) is 3. The van der Waals surface area contributed by atoms with Crippen molar-refractivity contribution in [2.75, 3.05) is 20.6 Å². The molecule has 21 heavy (non-hydrogen) atoms. The summed E-state index contributed by atoms with van der Waals surface area (Å²) in [6.45, 7) is 5.75. The van der Waals surface area contributed by atoms with Crippen molar-refractivity contribution in [1.29, 1.82) is 0 Å². The highest BCUT2D eigenvalue weighted by molar-refractivity contribution is 7.10. The molecule has 2 unspecified atom stereocenters. The molecule has 0 aliphatic heterocycles. The van der Waals surface area contributed by atoms with Crippen LogP contribution in [0.2, 0.25) is 0 Å². The van der Waals surface area contributed by atoms with E-state index in [4.69, 9.17) is 0 Å². The molecule has 2 nitrogen and oxygen atoms in total. The molecule has 120 valence electrons. The summed E-state index contributed by atoms with van der Waals surface area (Å²) in [4.78, 5) is 3.91. The second-order valence-corrected chi connectivity index (χ2v) is 8.17. The molecule has 0 aromatic carbocycles. The zero-order valence-electron chi connectivity index (χ0n) is 14.1. The van der Waals surface area contributed by atoms with E-state index < -0.39 is 0 Å². The van der Waals surface area contributed by atoms with Crippen LogP contribution in [0, 0.1) is 11.8 Å². The number of nitrogens with zero attached hydrogens (tertiary/aromatic N) is 1. The number of thiophene rings is 1. The fourth-order valence-electron chi connectivity index (χ4n) is 3.54. The van der Waals surface area contributed by atoms with Gasteiger partial charge in [-0.1, -0.05) is 32.8 Å². The molecule has 1 aromatic rings. The van der Waals surface area contributed by atoms with Gasteiger partial charge in [0.1, 0.15) is 0 Å². The third-order valence-electron chi connectivity index (χ3n) is 4.77. The van der Waals surface area contributed by atoms with E-state index in [0.717, 1.165) is 18.4 Å². The minimum absolute atomic E-state index is 0.571. The largest absolute Gasteiger partial charge is 0.307 e. The SMILES string of the molecule is CC(C)CC(CNC(c1cccs1)C1CCCC1)N(C)C. The van der Waals surface area contributed by atoms with Crippen LogP contribution >= 0.6 is 11.3 Å². The third kappa shape index (κ3) is 5.08. The molecule has 1 heterocycles. The maximum Gasteiger partial charge on any atom is 0.0443 e. The van der Waals surface area contributed by atoms with Gasteiger partial charge in [-0.05, 0) is 56.6 Å². The summed E-state index contributed by atoms with van der Waals surface area (Å²) < 4.78 is 0. The predicted molar refractivity (Wildman–Crippen MR) is 94.0 cm³/mol. The van der Waals surface area contributed by atoms with Crippen molar-refractivity contribution >= 4 is 11.3 Å². The van der Waals surface area contributed by atoms with Gasteiger partial charge in [-0.25, -0.2) is 0 Å². The fourth-order valence-corrected chi connectivity index (χ4v) is 4.44. The van der Waals surface area contributed by atoms with Crippen LogP contribution in [0.5, 0.6) is 0 Å². The molecule has 0 bridgehead atoms. The van der Waals surface area contributed by atoms with Crippen molar-refractivity contribution in [3.8, 4) is 0 Å². The highest BCUT2D eigenvalue weighted by Gasteiger charge is 2.27. The van der Waals surface area contributed by atoms with Gasteiger partial charge in [0.05, 0.1) is 0 Å². The van der Waals surface area contributed by atoms with Gasteiger partial charge >= 0.3 is 0 Å². The lowest BCUT2D eigenvalue weighted by molar-refractivity contribution is 0.230. The Kier molecular flexibility index (Phi) is 6.72. The Morgan fingerprint density at radius 3 is 2.52 bits per heavy atom. The lowest BCUT2D eigenvalue weighted by atomic mass is 9.95. The molecule has 0 saturated heterocycles. The fraction of sp³-hybridized carbons (Fsp3) is 0.778. The van der Waals surface area contributed by atoms with Crippen molar-refractivity contribution in [2.24, 2.45) is 11.8 Å². The van der Waals surface area contributed by atoms with Gasteiger partial charge in [-0.3, -0.25) is 0 Å². The van der Waals surface area contributed by atoms with Crippen molar-refractivity contribution in [1.82, 2.24) is 10.2 Å². The summed E-state index contributed by atoms with van der Waals surface area (Å²) >= 11 is 1.92. The molecule has 0 radical (unpaired) electrons. The van der Waals surface area contributed by atoms with E-state index in [0.29, 0.717) is 12.1 Å². The first-order valence-electron chi connectivity index (χ1n) is 8.51. The summed E-state index contributed by atoms with van der Waals surface area (Å²) in [7, 11) is 4.43. The van der Waals surface area contributed by atoms with Crippen molar-refractivity contribution in [2.45, 2.75) is 58.0 Å². The van der Waals surface area contributed by atoms with E-state index in [1.807, 2.05) is 11.3 Å². The van der Waals surface area contributed by atoms with Crippen LogP contribution in [0.3, 0.4) is 0 Å². The van der Waals surface area contributed by atoms with Crippen molar-refractivity contribution < 1.29 is 0 Å². The first kappa shape index (κ1) is 17.0. The number of hydrogen-bond donors (Lipinski definition) is 1. The van der Waals surface area contributed by atoms with Crippen LogP contribution in [0.4, 0.5) is 0 Å². The Balaban J connectivity index is 1.97. The second-order valence-electron chi connectivity index (χ2n) is 7.19. The van der Waals surface area contributed by atoms with Crippen LogP contribution in [-0.2, 0) is 0 Å². The Labute approximate surface area is 134 Å². The molecule has 3 heteroatoms. The maximum absolute atomic E-state index is 3.92. The molecule has 1 fully saturated rings. The lowest BCUT2D eigenvalue weighted by Crippen LogP contribution is -2.41. The molecule has 0 amide bonds. The van der Waals surface area contributed by atoms with E-state index >= 15 is 0 Å². The van der Waals surface area contributed by atoms with Gasteiger partial charge < -0.3 is 10.2 Å². The monoisotopic (exact) mass is 308 g/mol. The summed E-state index contributed by atoms with van der Waals surface area (Å²) in [5, 5.41) is 6.14. The minimum atomic E-state index is 0.571. The zero-order valence-corrected chi connectivity index (χ0v) is 15.0. The summed E-state index contributed by atoms with van der Waals surface area (Å²) in [6, 6.07) is 5.71. The molecular formula is C18H32N2S. The van der Waals surface area contributed by atoms with Gasteiger partial charge in [-0.15, -0.1) is 11.3 Å². The molecule has 1 aliphatic rings. The van der Waals surface area contributed by atoms with Gasteiger partial charge in [0.2, 0.25) is 0 Å². The normalized spacial score (nSPS) is 19.5. The smallest absolute Gasteiger partial charge is 0.0443 e. The van der Waals surface area contributed by atoms with Gasteiger partial charge in [-0.2, -0.15) is 0 Å². The summed E-state index contributed by atoms with van der Waals surface area (Å²) in [5.41, 5.74) is 0. The number of nitrogens with one attached hydrogen (secondary N) is 1. The van der Waals surface area contributed by atoms with E-state index in [9.17, 15) is 0 Å². The predicted octanol–water partition coefficient (Wildman–Crippen LogP) is 4.55. The Morgan fingerprint density at radius 2 is 2.00 bits per heavy atom. The first-order valence-corrected chi connectivity index (χ1v) is 9.39. The van der Waals surface area contributed by atoms with Crippen LogP contribution in [-0.4, -0.2) is 31.6 Å². The molecule has 2 atom stereocenters. The van der Waals surface area contributed by atoms with Crippen molar-refractivity contribution in [3.05, 3.63) is 22.4 Å². The van der Waals surface area contributed by atoms with E-state index in [-0.39, 0.29) is 0 Å². The van der Waals surface area contributed by atoms with Gasteiger partial charge in [0.25, 0.3) is 0 Å². The minimum Gasteiger partial charge on any atom is -0.307 e. The van der Waals surface area contributed by atoms with E-state index in [1.54, 1.807) is 0 Å². The molecule has 1 saturated carbocycles. The van der Waals surface area contributed by atoms with Gasteiger partial charge in [0.15, 0.2) is 0 Å². The Hall–Kier alpha value is -0.380. The highest BCUT2D eigenvalue weighted by atomic mass is 32.1. The zero-order chi connectivity index (χ0) is 15.2. The topological polar surface area (TPSA) is 15.3 Å². The molecule has 1 aliphatic carbocycles. The summed E-state index contributed by atoms with van der Waals surface area (Å²) in [6.07, 6.45) is 6.88. The Morgan fingerprint density at radius 1 is 1.29 bits per heavy atom. The highest BCUT2D eigenvalue weighted by Crippen LogP contribution is 2.37. The molecule has 1 N–H and O–H groups in total. The van der Waals surface area contributed by atoms with E-state index in [2.05, 4.69) is 55.7 Å². The molecule has 2 rings (SSSR count). The van der Waals surface area contributed by atoms with Crippen LogP contribution < -0.4 is 5.32 Å².